The number of nitrogens with two attached hydrogens (primary N) is 3. The zero-order valence-corrected chi connectivity index (χ0v) is 20.2. The Morgan fingerprint density at radius 2 is 1.38 bits per heavy atom. The first kappa shape index (κ1) is 29.6. The maximum atomic E-state index is 12.7. The fourth-order valence-electron chi connectivity index (χ4n) is 2.37. The third-order valence-electron chi connectivity index (χ3n) is 3.99. The molecule has 3 aromatic heterocycles. The maximum absolute atomic E-state index is 12.7. The van der Waals surface area contributed by atoms with Crippen LogP contribution in [0.15, 0.2) is 103 Å². The number of primary amides is 1. The summed E-state index contributed by atoms with van der Waals surface area (Å²) in [6, 6.07) is 10.4. The van der Waals surface area contributed by atoms with E-state index >= 15 is 0 Å². The van der Waals surface area contributed by atoms with Crippen molar-refractivity contribution in [3.05, 3.63) is 103 Å². The van der Waals surface area contributed by atoms with Crippen molar-refractivity contribution >= 4 is 35.4 Å². The number of pyridine rings is 3. The van der Waals surface area contributed by atoms with E-state index in [9.17, 15) is 9.59 Å². The molecule has 192 valence electrons. The monoisotopic (exact) mass is 503 g/mol. The predicted octanol–water partition coefficient (Wildman–Crippen LogP) is 1.51. The number of amidine groups is 1. The van der Waals surface area contributed by atoms with Crippen molar-refractivity contribution in [1.82, 2.24) is 15.0 Å². The van der Waals surface area contributed by atoms with Gasteiger partial charge >= 0.3 is 0 Å². The number of carbonyl (C=O) groups is 3. The SMILES string of the molecule is C/C=C\N.NC(=N/C(=C\Cc1cccnc1)C(=O)Nc1cccnc1)C(=O)Nc1cccnc1.NC=O. The summed E-state index contributed by atoms with van der Waals surface area (Å²) in [5, 5.41) is 5.26. The molecule has 3 amide bonds. The van der Waals surface area contributed by atoms with Crippen molar-refractivity contribution < 1.29 is 14.4 Å². The van der Waals surface area contributed by atoms with E-state index in [0.29, 0.717) is 17.8 Å². The van der Waals surface area contributed by atoms with Gasteiger partial charge in [0.25, 0.3) is 11.8 Å². The van der Waals surface area contributed by atoms with Crippen LogP contribution in [0.3, 0.4) is 0 Å². The van der Waals surface area contributed by atoms with Crippen LogP contribution in [0.2, 0.25) is 0 Å². The Kier molecular flexibility index (Phi) is 14.4. The number of allylic oxidation sites excluding steroid dienone is 2. The summed E-state index contributed by atoms with van der Waals surface area (Å²) in [4.78, 5) is 49.6. The molecule has 12 nitrogen and oxygen atoms in total. The third-order valence-corrected chi connectivity index (χ3v) is 3.99. The largest absolute Gasteiger partial charge is 0.405 e. The van der Waals surface area contributed by atoms with E-state index in [0.717, 1.165) is 5.56 Å². The Morgan fingerprint density at radius 1 is 0.892 bits per heavy atom. The second-order valence-corrected chi connectivity index (χ2v) is 6.71. The highest BCUT2D eigenvalue weighted by atomic mass is 16.2. The second-order valence-electron chi connectivity index (χ2n) is 6.71. The number of hydrogen-bond donors (Lipinski definition) is 5. The molecule has 0 spiro atoms. The number of nitrogens with zero attached hydrogens (tertiary/aromatic N) is 4. The van der Waals surface area contributed by atoms with Crippen LogP contribution in [-0.2, 0) is 20.8 Å². The van der Waals surface area contributed by atoms with Crippen molar-refractivity contribution in [2.45, 2.75) is 13.3 Å². The van der Waals surface area contributed by atoms with E-state index in [4.69, 9.17) is 16.3 Å². The average Bonchev–Trinajstić information content (AvgIpc) is 2.93. The normalized spacial score (nSPS) is 10.7. The Balaban J connectivity index is 0.000000873. The smallest absolute Gasteiger partial charge is 0.290 e. The van der Waals surface area contributed by atoms with Gasteiger partial charge in [-0.25, -0.2) is 4.99 Å². The lowest BCUT2D eigenvalue weighted by Gasteiger charge is -2.08. The fourth-order valence-corrected chi connectivity index (χ4v) is 2.37. The van der Waals surface area contributed by atoms with Gasteiger partial charge in [-0.05, 0) is 61.5 Å². The minimum absolute atomic E-state index is 0.0125. The minimum Gasteiger partial charge on any atom is -0.405 e. The van der Waals surface area contributed by atoms with Gasteiger partial charge in [0.2, 0.25) is 6.41 Å². The Hall–Kier alpha value is -5.39. The molecule has 0 radical (unpaired) electrons. The predicted molar refractivity (Wildman–Crippen MR) is 143 cm³/mol. The van der Waals surface area contributed by atoms with Crippen molar-refractivity contribution in [1.29, 1.82) is 0 Å². The molecule has 0 atom stereocenters. The minimum atomic E-state index is -0.649. The second kappa shape index (κ2) is 18.0. The standard InChI is InChI=1S/C21H19N7O2.C3H7N.CH3NO/c22-19(21(30)27-17-6-3-11-25-14-17)28-18(8-7-15-4-1-9-23-12-15)20(29)26-16-5-2-10-24-13-16;1-2-3-4;2-1-3/h1-6,8-14H,7H2,(H2,22,28)(H,26,29)(H,27,30);2-3H,4H2,1H3;1H,(H2,2,3)/b18-8-;3-2-;. The third kappa shape index (κ3) is 12.6. The van der Waals surface area contributed by atoms with Crippen molar-refractivity contribution in [3.8, 4) is 0 Å². The van der Waals surface area contributed by atoms with Gasteiger partial charge in [0, 0.05) is 24.8 Å². The molecule has 0 unspecified atom stereocenters. The zero-order chi connectivity index (χ0) is 27.3. The van der Waals surface area contributed by atoms with Crippen LogP contribution in [-0.4, -0.2) is 39.0 Å². The summed E-state index contributed by atoms with van der Waals surface area (Å²) >= 11 is 0. The summed E-state index contributed by atoms with van der Waals surface area (Å²) in [6.07, 6.45) is 15.0. The van der Waals surface area contributed by atoms with E-state index in [2.05, 4.69) is 36.3 Å². The van der Waals surface area contributed by atoms with E-state index in [-0.39, 0.29) is 17.9 Å². The summed E-state index contributed by atoms with van der Waals surface area (Å²) in [6.45, 7) is 1.88. The molecular weight excluding hydrogens is 474 g/mol. The van der Waals surface area contributed by atoms with Gasteiger partial charge in [-0.3, -0.25) is 29.3 Å². The number of anilines is 2. The molecule has 0 fully saturated rings. The lowest BCUT2D eigenvalue weighted by molar-refractivity contribution is -0.113. The molecule has 8 N–H and O–H groups in total. The lowest BCUT2D eigenvalue weighted by atomic mass is 10.2. The number of hydrogen-bond acceptors (Lipinski definition) is 8. The molecule has 0 aliphatic carbocycles. The van der Waals surface area contributed by atoms with E-state index in [1.165, 1.54) is 18.6 Å². The number of nitrogens with one attached hydrogen (secondary N) is 2. The number of rotatable bonds is 6. The highest BCUT2D eigenvalue weighted by molar-refractivity contribution is 6.42. The lowest BCUT2D eigenvalue weighted by Crippen LogP contribution is -2.31. The number of amides is 3. The number of aromatic nitrogens is 3. The van der Waals surface area contributed by atoms with Crippen molar-refractivity contribution in [2.24, 2.45) is 22.2 Å². The number of aliphatic imine (C=N–C) groups is 1. The van der Waals surface area contributed by atoms with Crippen LogP contribution in [0.1, 0.15) is 12.5 Å². The molecule has 37 heavy (non-hydrogen) atoms. The summed E-state index contributed by atoms with van der Waals surface area (Å²) < 4.78 is 0. The van der Waals surface area contributed by atoms with Crippen molar-refractivity contribution in [2.75, 3.05) is 10.6 Å². The van der Waals surface area contributed by atoms with Gasteiger partial charge in [0.05, 0.1) is 23.8 Å². The van der Waals surface area contributed by atoms with Gasteiger partial charge in [0.1, 0.15) is 5.70 Å². The first-order chi connectivity index (χ1) is 17.9. The quantitative estimate of drug-likeness (QED) is 0.144. The Morgan fingerprint density at radius 3 is 1.81 bits per heavy atom. The first-order valence-corrected chi connectivity index (χ1v) is 10.8. The van der Waals surface area contributed by atoms with E-state index in [1.807, 2.05) is 13.0 Å². The molecule has 0 aliphatic rings. The maximum Gasteiger partial charge on any atom is 0.290 e. The molecule has 0 saturated carbocycles. The Labute approximate surface area is 214 Å². The van der Waals surface area contributed by atoms with Gasteiger partial charge in [0.15, 0.2) is 5.84 Å². The highest BCUT2D eigenvalue weighted by Crippen LogP contribution is 2.10. The van der Waals surface area contributed by atoms with Crippen molar-refractivity contribution in [3.63, 3.8) is 0 Å². The fraction of sp³-hybridized carbons (Fsp3) is 0.0800. The summed E-state index contributed by atoms with van der Waals surface area (Å²) in [5.41, 5.74) is 16.7. The van der Waals surface area contributed by atoms with Gasteiger partial charge in [-0.1, -0.05) is 12.1 Å². The molecule has 12 heteroatoms. The molecule has 3 heterocycles. The van der Waals surface area contributed by atoms with Crippen LogP contribution >= 0.6 is 0 Å². The van der Waals surface area contributed by atoms with Crippen LogP contribution in [0.5, 0.6) is 0 Å². The summed E-state index contributed by atoms with van der Waals surface area (Å²) in [5.74, 6) is -1.54. The average molecular weight is 504 g/mol. The van der Waals surface area contributed by atoms with Gasteiger partial charge < -0.3 is 27.8 Å². The van der Waals surface area contributed by atoms with Crippen LogP contribution in [0, 0.1) is 0 Å². The van der Waals surface area contributed by atoms with Gasteiger partial charge in [-0.15, -0.1) is 0 Å². The molecule has 3 rings (SSSR count). The molecule has 0 aromatic carbocycles. The van der Waals surface area contributed by atoms with Gasteiger partial charge in [-0.2, -0.15) is 0 Å². The van der Waals surface area contributed by atoms with E-state index < -0.39 is 11.8 Å². The van der Waals surface area contributed by atoms with Crippen LogP contribution in [0.25, 0.3) is 0 Å². The summed E-state index contributed by atoms with van der Waals surface area (Å²) in [7, 11) is 0. The molecule has 0 saturated heterocycles. The molecular formula is C25H29N9O3. The topological polar surface area (TPSA) is 204 Å². The molecule has 0 aliphatic heterocycles. The molecule has 3 aromatic rings. The van der Waals surface area contributed by atoms with Crippen LogP contribution in [0.4, 0.5) is 11.4 Å². The Bertz CT molecular complexity index is 1180. The number of carbonyl (C=O) groups excluding carboxylic acids is 3. The van der Waals surface area contributed by atoms with E-state index in [1.54, 1.807) is 67.3 Å². The van der Waals surface area contributed by atoms with Crippen LogP contribution < -0.4 is 27.8 Å². The zero-order valence-electron chi connectivity index (χ0n) is 20.2. The highest BCUT2D eigenvalue weighted by Gasteiger charge is 2.14. The molecule has 0 bridgehead atoms. The first-order valence-electron chi connectivity index (χ1n) is 10.8.